The molecule has 0 bridgehead atoms. The smallest absolute Gasteiger partial charge is 0.294 e. The molecule has 224 valence electrons. The van der Waals surface area contributed by atoms with Crippen molar-refractivity contribution in [1.29, 1.82) is 0 Å². The fraction of sp³-hybridized carbons (Fsp3) is 0.0968. The predicted molar refractivity (Wildman–Crippen MR) is 168 cm³/mol. The van der Waals surface area contributed by atoms with Crippen molar-refractivity contribution in [3.63, 3.8) is 0 Å². The van der Waals surface area contributed by atoms with Gasteiger partial charge in [0.25, 0.3) is 20.2 Å². The molecular formula is C31H27N5O6S2. The number of rotatable bonds is 10. The summed E-state index contributed by atoms with van der Waals surface area (Å²) in [4.78, 5) is 1.58. The van der Waals surface area contributed by atoms with Crippen molar-refractivity contribution >= 4 is 59.4 Å². The maximum absolute atomic E-state index is 11.9. The molecule has 0 fully saturated rings. The highest BCUT2D eigenvalue weighted by Crippen LogP contribution is 2.37. The van der Waals surface area contributed by atoms with Crippen LogP contribution in [0.15, 0.2) is 139 Å². The third kappa shape index (κ3) is 7.38. The van der Waals surface area contributed by atoms with Gasteiger partial charge in [-0.05, 0) is 85.3 Å². The van der Waals surface area contributed by atoms with E-state index in [0.717, 1.165) is 5.69 Å². The lowest BCUT2D eigenvalue weighted by atomic mass is 10.1. The number of nitrogens with zero attached hydrogens (tertiary/aromatic N) is 5. The van der Waals surface area contributed by atoms with Gasteiger partial charge in [-0.3, -0.25) is 9.11 Å². The van der Waals surface area contributed by atoms with Crippen molar-refractivity contribution in [3.05, 3.63) is 115 Å². The normalized spacial score (nSPS) is 12.3. The van der Waals surface area contributed by atoms with Gasteiger partial charge in [0.15, 0.2) is 0 Å². The Kier molecular flexibility index (Phi) is 8.92. The molecule has 0 saturated heterocycles. The second-order valence-corrected chi connectivity index (χ2v) is 12.5. The van der Waals surface area contributed by atoms with Crippen LogP contribution >= 0.6 is 0 Å². The largest absolute Gasteiger partial charge is 0.367 e. The second-order valence-electron chi connectivity index (χ2n) is 9.67. The van der Waals surface area contributed by atoms with Crippen LogP contribution in [0.1, 0.15) is 12.5 Å². The Hall–Kier alpha value is -4.82. The van der Waals surface area contributed by atoms with E-state index in [4.69, 9.17) is 0 Å². The lowest BCUT2D eigenvalue weighted by molar-refractivity contribution is 0.481. The molecule has 0 aliphatic rings. The molecule has 0 radical (unpaired) electrons. The van der Waals surface area contributed by atoms with Gasteiger partial charge in [-0.15, -0.1) is 10.2 Å². The zero-order chi connectivity index (χ0) is 31.3. The standard InChI is InChI=1S/C31H27N5O6S2/c1-2-36(21-22-7-6-10-26(19-22)43(37,38)39)25-13-11-24(12-14-25)33-35-31-18-17-30(34-32-23-8-4-3-5-9-23)28-16-15-27(20-29(28)31)44(40,41)42/h3-20H,2,21H2,1H3,(H,37,38,39)(H,40,41,42). The van der Waals surface area contributed by atoms with E-state index in [1.54, 1.807) is 48.5 Å². The first kappa shape index (κ1) is 30.6. The molecule has 0 saturated carbocycles. The summed E-state index contributed by atoms with van der Waals surface area (Å²) >= 11 is 0. The highest BCUT2D eigenvalue weighted by atomic mass is 32.2. The lowest BCUT2D eigenvalue weighted by Crippen LogP contribution is -2.22. The summed E-state index contributed by atoms with van der Waals surface area (Å²) < 4.78 is 65.8. The molecule has 0 heterocycles. The van der Waals surface area contributed by atoms with Crippen LogP contribution in [0.4, 0.5) is 28.4 Å². The van der Waals surface area contributed by atoms with Crippen molar-refractivity contribution in [1.82, 2.24) is 0 Å². The summed E-state index contributed by atoms with van der Waals surface area (Å²) in [7, 11) is -8.77. The minimum absolute atomic E-state index is 0.162. The number of benzene rings is 5. The Labute approximate surface area is 254 Å². The van der Waals surface area contributed by atoms with E-state index < -0.39 is 20.2 Å². The summed E-state index contributed by atoms with van der Waals surface area (Å²) in [6, 6.07) is 30.0. The average molecular weight is 630 g/mol. The van der Waals surface area contributed by atoms with Crippen molar-refractivity contribution in [2.45, 2.75) is 23.3 Å². The van der Waals surface area contributed by atoms with Gasteiger partial charge in [0.05, 0.1) is 32.5 Å². The summed E-state index contributed by atoms with van der Waals surface area (Å²) in [5.74, 6) is 0. The topological polar surface area (TPSA) is 161 Å². The number of hydrogen-bond acceptors (Lipinski definition) is 9. The van der Waals surface area contributed by atoms with Gasteiger partial charge in [0.1, 0.15) is 0 Å². The van der Waals surface area contributed by atoms with E-state index in [1.165, 1.54) is 30.3 Å². The van der Waals surface area contributed by atoms with Crippen LogP contribution in [0.2, 0.25) is 0 Å². The summed E-state index contributed by atoms with van der Waals surface area (Å²) in [5.41, 5.74) is 3.60. The van der Waals surface area contributed by atoms with Gasteiger partial charge >= 0.3 is 0 Å². The Balaban J connectivity index is 1.42. The van der Waals surface area contributed by atoms with Crippen molar-refractivity contribution in [2.75, 3.05) is 11.4 Å². The average Bonchev–Trinajstić information content (AvgIpc) is 3.01. The third-order valence-corrected chi connectivity index (χ3v) is 8.41. The van der Waals surface area contributed by atoms with Crippen LogP contribution in [0.25, 0.3) is 10.8 Å². The van der Waals surface area contributed by atoms with Gasteiger partial charge in [-0.1, -0.05) is 36.4 Å². The zero-order valence-electron chi connectivity index (χ0n) is 23.4. The quantitative estimate of drug-likeness (QED) is 0.116. The molecule has 5 rings (SSSR count). The molecule has 0 aliphatic carbocycles. The minimum atomic E-state index is -4.47. The van der Waals surface area contributed by atoms with Gasteiger partial charge in [0, 0.05) is 29.5 Å². The molecule has 0 amide bonds. The molecule has 0 atom stereocenters. The first-order chi connectivity index (χ1) is 21.0. The van der Waals surface area contributed by atoms with Gasteiger partial charge in [0.2, 0.25) is 0 Å². The molecule has 0 spiro atoms. The highest BCUT2D eigenvalue weighted by molar-refractivity contribution is 7.86. The summed E-state index contributed by atoms with van der Waals surface area (Å²) in [5, 5.41) is 18.3. The predicted octanol–water partition coefficient (Wildman–Crippen LogP) is 8.19. The van der Waals surface area contributed by atoms with Crippen LogP contribution in [0, 0.1) is 0 Å². The van der Waals surface area contributed by atoms with E-state index in [9.17, 15) is 25.9 Å². The molecule has 0 aromatic heterocycles. The van der Waals surface area contributed by atoms with Crippen molar-refractivity contribution in [2.24, 2.45) is 20.5 Å². The van der Waals surface area contributed by atoms with E-state index >= 15 is 0 Å². The maximum atomic E-state index is 11.9. The van der Waals surface area contributed by atoms with Crippen LogP contribution in [0.3, 0.4) is 0 Å². The first-order valence-electron chi connectivity index (χ1n) is 13.4. The SMILES string of the molecule is CCN(Cc1cccc(S(=O)(=O)O)c1)c1ccc(N=Nc2ccc(N=Nc3ccccc3)c3ccc(S(=O)(=O)O)cc23)cc1. The molecule has 0 aliphatic heterocycles. The molecule has 5 aromatic carbocycles. The first-order valence-corrected chi connectivity index (χ1v) is 16.2. The Morgan fingerprint density at radius 3 is 1.80 bits per heavy atom. The van der Waals surface area contributed by atoms with E-state index in [-0.39, 0.29) is 9.79 Å². The lowest BCUT2D eigenvalue weighted by Gasteiger charge is -2.23. The van der Waals surface area contributed by atoms with Crippen molar-refractivity contribution < 1.29 is 25.9 Å². The third-order valence-electron chi connectivity index (χ3n) is 6.71. The molecule has 13 heteroatoms. The molecule has 2 N–H and O–H groups in total. The number of hydrogen-bond donors (Lipinski definition) is 2. The van der Waals surface area contributed by atoms with E-state index in [1.807, 2.05) is 42.2 Å². The maximum Gasteiger partial charge on any atom is 0.294 e. The zero-order valence-corrected chi connectivity index (χ0v) is 25.0. The fourth-order valence-electron chi connectivity index (χ4n) is 4.49. The number of anilines is 1. The van der Waals surface area contributed by atoms with Crippen LogP contribution < -0.4 is 4.90 Å². The molecule has 0 unspecified atom stereocenters. The molecular weight excluding hydrogens is 603 g/mol. The van der Waals surface area contributed by atoms with Crippen LogP contribution in [-0.4, -0.2) is 32.5 Å². The molecule has 5 aromatic rings. The highest BCUT2D eigenvalue weighted by Gasteiger charge is 2.15. The Bertz CT molecular complexity index is 2080. The molecule has 11 nitrogen and oxygen atoms in total. The Morgan fingerprint density at radius 2 is 1.18 bits per heavy atom. The number of fused-ring (bicyclic) bond motifs is 1. The fourth-order valence-corrected chi connectivity index (χ4v) is 5.55. The summed E-state index contributed by atoms with van der Waals surface area (Å²) in [6.45, 7) is 3.01. The van der Waals surface area contributed by atoms with Gasteiger partial charge in [-0.2, -0.15) is 27.1 Å². The van der Waals surface area contributed by atoms with Gasteiger partial charge < -0.3 is 4.90 Å². The van der Waals surface area contributed by atoms with Crippen LogP contribution in [-0.2, 0) is 26.8 Å². The van der Waals surface area contributed by atoms with E-state index in [2.05, 4.69) is 20.5 Å². The monoisotopic (exact) mass is 629 g/mol. The van der Waals surface area contributed by atoms with Gasteiger partial charge in [-0.25, -0.2) is 0 Å². The van der Waals surface area contributed by atoms with Crippen LogP contribution in [0.5, 0.6) is 0 Å². The summed E-state index contributed by atoms with van der Waals surface area (Å²) in [6.07, 6.45) is 0. The number of azo groups is 2. The minimum Gasteiger partial charge on any atom is -0.367 e. The van der Waals surface area contributed by atoms with Crippen molar-refractivity contribution in [3.8, 4) is 0 Å². The molecule has 44 heavy (non-hydrogen) atoms. The van der Waals surface area contributed by atoms with E-state index in [0.29, 0.717) is 52.2 Å². The second kappa shape index (κ2) is 12.8. The Morgan fingerprint density at radius 1 is 0.591 bits per heavy atom.